The van der Waals surface area contributed by atoms with Crippen LogP contribution in [0.5, 0.6) is 0 Å². The van der Waals surface area contributed by atoms with Gasteiger partial charge in [-0.2, -0.15) is 13.2 Å². The third-order valence-corrected chi connectivity index (χ3v) is 3.01. The lowest BCUT2D eigenvalue weighted by atomic mass is 10.1. The summed E-state index contributed by atoms with van der Waals surface area (Å²) in [5, 5.41) is 14.5. The summed E-state index contributed by atoms with van der Waals surface area (Å²) < 4.78 is 43.7. The van der Waals surface area contributed by atoms with Gasteiger partial charge in [-0.15, -0.1) is 0 Å². The average molecular weight is 365 g/mol. The van der Waals surface area contributed by atoms with E-state index in [9.17, 15) is 18.0 Å². The van der Waals surface area contributed by atoms with Crippen molar-refractivity contribution in [3.63, 3.8) is 0 Å². The van der Waals surface area contributed by atoms with Gasteiger partial charge in [0.25, 0.3) is 0 Å². The first kappa shape index (κ1) is 15.4. The van der Waals surface area contributed by atoms with Gasteiger partial charge in [0.2, 0.25) is 0 Å². The van der Waals surface area contributed by atoms with Gasteiger partial charge in [0.15, 0.2) is 11.5 Å². The summed E-state index contributed by atoms with van der Waals surface area (Å²) in [5.41, 5.74) is -1.28. The van der Waals surface area contributed by atoms with E-state index in [2.05, 4.69) is 26.4 Å². The Hall–Kier alpha value is -2.03. The number of anilines is 1. The van der Waals surface area contributed by atoms with Crippen molar-refractivity contribution in [1.29, 1.82) is 0 Å². The second-order valence-electron chi connectivity index (χ2n) is 4.02. The number of benzene rings is 1. The normalized spacial score (nSPS) is 11.4. The highest BCUT2D eigenvalue weighted by Gasteiger charge is 2.33. The molecule has 5 nitrogen and oxygen atoms in total. The van der Waals surface area contributed by atoms with Gasteiger partial charge in [-0.1, -0.05) is 21.1 Å². The number of hydrogen-bond acceptors (Lipinski definition) is 4. The highest BCUT2D eigenvalue weighted by atomic mass is 79.9. The maximum absolute atomic E-state index is 12.9. The molecule has 0 aliphatic rings. The minimum absolute atomic E-state index is 0.114. The first-order chi connectivity index (χ1) is 9.77. The predicted molar refractivity (Wildman–Crippen MR) is 69.9 cm³/mol. The number of carboxylic acids is 1. The first-order valence-corrected chi connectivity index (χ1v) is 6.36. The fraction of sp³-hybridized carbons (Fsp3) is 0.167. The van der Waals surface area contributed by atoms with Gasteiger partial charge < -0.3 is 14.9 Å². The molecule has 21 heavy (non-hydrogen) atoms. The van der Waals surface area contributed by atoms with Crippen LogP contribution in [0.1, 0.15) is 21.8 Å². The third kappa shape index (κ3) is 3.75. The zero-order valence-electron chi connectivity index (χ0n) is 10.2. The molecular weight excluding hydrogens is 357 g/mol. The predicted octanol–water partition coefficient (Wildman–Crippen LogP) is 3.77. The number of hydrogen-bond donors (Lipinski definition) is 2. The van der Waals surface area contributed by atoms with E-state index in [1.54, 1.807) is 0 Å². The van der Waals surface area contributed by atoms with Crippen LogP contribution in [0, 0.1) is 0 Å². The third-order valence-electron chi connectivity index (χ3n) is 2.52. The van der Waals surface area contributed by atoms with Crippen LogP contribution in [0.15, 0.2) is 33.3 Å². The molecule has 1 heterocycles. The number of carbonyl (C=O) groups is 1. The zero-order chi connectivity index (χ0) is 15.6. The van der Waals surface area contributed by atoms with Gasteiger partial charge in [0.05, 0.1) is 12.1 Å². The van der Waals surface area contributed by atoms with E-state index in [1.165, 1.54) is 12.1 Å². The van der Waals surface area contributed by atoms with Gasteiger partial charge in [0, 0.05) is 16.2 Å². The average Bonchev–Trinajstić information content (AvgIpc) is 2.85. The molecule has 2 N–H and O–H groups in total. The molecule has 2 rings (SSSR count). The molecule has 0 amide bonds. The minimum atomic E-state index is -4.51. The second-order valence-corrected chi connectivity index (χ2v) is 4.94. The number of alkyl halides is 3. The van der Waals surface area contributed by atoms with Crippen LogP contribution in [0.3, 0.4) is 0 Å². The second kappa shape index (κ2) is 5.76. The van der Waals surface area contributed by atoms with Crippen molar-refractivity contribution in [2.45, 2.75) is 12.7 Å². The number of carboxylic acid groups (broad SMARTS) is 1. The Balaban J connectivity index is 2.18. The molecule has 0 radical (unpaired) electrons. The van der Waals surface area contributed by atoms with Crippen molar-refractivity contribution < 1.29 is 27.6 Å². The quantitative estimate of drug-likeness (QED) is 0.863. The Bertz CT molecular complexity index is 670. The molecule has 0 saturated carbocycles. The molecule has 0 unspecified atom stereocenters. The SMILES string of the molecule is O=C(O)c1cc(CNc2ccc(Br)cc2C(F)(F)F)on1. The number of aromatic nitrogens is 1. The molecule has 1 aromatic heterocycles. The monoisotopic (exact) mass is 364 g/mol. The Labute approximate surface area is 124 Å². The molecule has 0 aliphatic carbocycles. The maximum atomic E-state index is 12.9. The van der Waals surface area contributed by atoms with Crippen LogP contribution in [-0.4, -0.2) is 16.2 Å². The highest BCUT2D eigenvalue weighted by Crippen LogP contribution is 2.36. The molecule has 0 spiro atoms. The molecule has 112 valence electrons. The largest absolute Gasteiger partial charge is 0.476 e. The zero-order valence-corrected chi connectivity index (χ0v) is 11.8. The molecule has 0 bridgehead atoms. The van der Waals surface area contributed by atoms with E-state index in [4.69, 9.17) is 9.63 Å². The topological polar surface area (TPSA) is 75.4 Å². The van der Waals surface area contributed by atoms with E-state index in [0.717, 1.165) is 12.1 Å². The Kier molecular flexibility index (Phi) is 4.21. The number of rotatable bonds is 4. The van der Waals surface area contributed by atoms with E-state index in [-0.39, 0.29) is 23.7 Å². The van der Waals surface area contributed by atoms with E-state index in [1.807, 2.05) is 0 Å². The lowest BCUT2D eigenvalue weighted by molar-refractivity contribution is -0.137. The van der Waals surface area contributed by atoms with Crippen molar-refractivity contribution in [3.8, 4) is 0 Å². The van der Waals surface area contributed by atoms with Crippen molar-refractivity contribution >= 4 is 27.6 Å². The van der Waals surface area contributed by atoms with Crippen LogP contribution in [0.2, 0.25) is 0 Å². The molecule has 0 fully saturated rings. The van der Waals surface area contributed by atoms with Crippen molar-refractivity contribution in [3.05, 3.63) is 45.8 Å². The summed E-state index contributed by atoms with van der Waals surface area (Å²) in [5.74, 6) is -1.16. The maximum Gasteiger partial charge on any atom is 0.418 e. The summed E-state index contributed by atoms with van der Waals surface area (Å²) in [7, 11) is 0. The van der Waals surface area contributed by atoms with Crippen molar-refractivity contribution in [2.75, 3.05) is 5.32 Å². The molecule has 9 heteroatoms. The molecular formula is C12H8BrF3N2O3. The summed E-state index contributed by atoms with van der Waals surface area (Å²) in [6, 6.07) is 4.81. The van der Waals surface area contributed by atoms with Crippen LogP contribution >= 0.6 is 15.9 Å². The fourth-order valence-corrected chi connectivity index (χ4v) is 1.95. The van der Waals surface area contributed by atoms with Crippen LogP contribution < -0.4 is 5.32 Å². The van der Waals surface area contributed by atoms with Crippen LogP contribution in [0.25, 0.3) is 0 Å². The minimum Gasteiger partial charge on any atom is -0.476 e. The lowest BCUT2D eigenvalue weighted by Gasteiger charge is -2.14. The molecule has 1 aromatic carbocycles. The standard InChI is InChI=1S/C12H8BrF3N2O3/c13-6-1-2-9(8(3-6)12(14,15)16)17-5-7-4-10(11(19)20)18-21-7/h1-4,17H,5H2,(H,19,20). The van der Waals surface area contributed by atoms with Gasteiger partial charge in [0.1, 0.15) is 0 Å². The molecule has 0 atom stereocenters. The number of aromatic carboxylic acids is 1. The Morgan fingerprint density at radius 3 is 2.67 bits per heavy atom. The summed E-state index contributed by atoms with van der Waals surface area (Å²) in [6.45, 7) is -0.120. The van der Waals surface area contributed by atoms with Crippen LogP contribution in [0.4, 0.5) is 18.9 Å². The Morgan fingerprint density at radius 2 is 2.10 bits per heavy atom. The molecule has 0 saturated heterocycles. The summed E-state index contributed by atoms with van der Waals surface area (Å²) in [6.07, 6.45) is -4.51. The van der Waals surface area contributed by atoms with Gasteiger partial charge >= 0.3 is 12.1 Å². The summed E-state index contributed by atoms with van der Waals surface area (Å²) >= 11 is 2.98. The van der Waals surface area contributed by atoms with Crippen molar-refractivity contribution in [1.82, 2.24) is 5.16 Å². The lowest BCUT2D eigenvalue weighted by Crippen LogP contribution is -2.10. The number of nitrogens with zero attached hydrogens (tertiary/aromatic N) is 1. The van der Waals surface area contributed by atoms with Crippen LogP contribution in [-0.2, 0) is 12.7 Å². The summed E-state index contributed by atoms with van der Waals surface area (Å²) in [4.78, 5) is 10.6. The van der Waals surface area contributed by atoms with Gasteiger partial charge in [-0.05, 0) is 18.2 Å². The van der Waals surface area contributed by atoms with Gasteiger partial charge in [-0.25, -0.2) is 4.79 Å². The molecule has 2 aromatic rings. The first-order valence-electron chi connectivity index (χ1n) is 5.57. The number of nitrogens with one attached hydrogen (secondary N) is 1. The molecule has 0 aliphatic heterocycles. The highest BCUT2D eigenvalue weighted by molar-refractivity contribution is 9.10. The van der Waals surface area contributed by atoms with E-state index < -0.39 is 17.7 Å². The van der Waals surface area contributed by atoms with E-state index >= 15 is 0 Å². The van der Waals surface area contributed by atoms with E-state index in [0.29, 0.717) is 4.47 Å². The smallest absolute Gasteiger partial charge is 0.418 e. The number of halogens is 4. The fourth-order valence-electron chi connectivity index (χ4n) is 1.58. The van der Waals surface area contributed by atoms with Crippen molar-refractivity contribution in [2.24, 2.45) is 0 Å². The Morgan fingerprint density at radius 1 is 1.38 bits per heavy atom. The van der Waals surface area contributed by atoms with Gasteiger partial charge in [-0.3, -0.25) is 0 Å².